The first-order valence-corrected chi connectivity index (χ1v) is 11.5. The highest BCUT2D eigenvalue weighted by atomic mass is 79.9. The maximum Gasteiger partial charge on any atom is 0.217 e. The summed E-state index contributed by atoms with van der Waals surface area (Å²) in [7, 11) is 6.63. The number of hydrogen-bond donors (Lipinski definition) is 0. The third kappa shape index (κ3) is 4.12. The van der Waals surface area contributed by atoms with Gasteiger partial charge >= 0.3 is 0 Å². The van der Waals surface area contributed by atoms with Crippen LogP contribution in [0.1, 0.15) is 22.3 Å². The monoisotopic (exact) mass is 546 g/mol. The minimum Gasteiger partial charge on any atom is -1.00 e. The van der Waals surface area contributed by atoms with Crippen molar-refractivity contribution in [2.75, 3.05) is 28.4 Å². The fraction of sp³-hybridized carbons (Fsp3) is 0.241. The van der Waals surface area contributed by atoms with Gasteiger partial charge in [0.2, 0.25) is 5.69 Å². The Bertz CT molecular complexity index is 1490. The Labute approximate surface area is 221 Å². The molecule has 0 spiro atoms. The van der Waals surface area contributed by atoms with Gasteiger partial charge in [-0.15, -0.1) is 0 Å². The second-order valence-corrected chi connectivity index (χ2v) is 8.47. The molecule has 1 aromatic heterocycles. The smallest absolute Gasteiger partial charge is 0.217 e. The van der Waals surface area contributed by atoms with Gasteiger partial charge in [0.1, 0.15) is 0 Å². The molecule has 5 rings (SSSR count). The third-order valence-corrected chi connectivity index (χ3v) is 6.76. The Hall–Kier alpha value is -3.76. The first-order valence-electron chi connectivity index (χ1n) is 11.5. The minimum atomic E-state index is 0. The maximum atomic E-state index is 9.76. The predicted molar refractivity (Wildman–Crippen MR) is 133 cm³/mol. The van der Waals surface area contributed by atoms with Crippen LogP contribution in [0, 0.1) is 11.3 Å². The molecular formula is C29H27BrN2O4. The van der Waals surface area contributed by atoms with E-state index in [1.165, 1.54) is 5.56 Å². The normalized spacial score (nSPS) is 11.5. The van der Waals surface area contributed by atoms with Crippen molar-refractivity contribution in [3.05, 3.63) is 77.0 Å². The molecule has 1 aliphatic heterocycles. The summed E-state index contributed by atoms with van der Waals surface area (Å²) in [5.74, 6) is 2.80. The summed E-state index contributed by atoms with van der Waals surface area (Å²) in [5.41, 5.74) is 6.20. The molecule has 1 aliphatic rings. The molecule has 6 nitrogen and oxygen atoms in total. The Kier molecular flexibility index (Phi) is 7.37. The van der Waals surface area contributed by atoms with Crippen LogP contribution in [0.25, 0.3) is 22.0 Å². The zero-order chi connectivity index (χ0) is 24.5. The van der Waals surface area contributed by atoms with E-state index in [0.717, 1.165) is 51.9 Å². The van der Waals surface area contributed by atoms with E-state index >= 15 is 0 Å². The van der Waals surface area contributed by atoms with Crippen LogP contribution in [0.15, 0.2) is 54.7 Å². The number of ether oxygens (including phenoxy) is 4. The molecule has 0 fully saturated rings. The number of pyridine rings is 1. The molecule has 0 atom stereocenters. The largest absolute Gasteiger partial charge is 1.00 e. The number of aryl methyl sites for hydroxylation is 2. The molecule has 0 unspecified atom stereocenters. The second-order valence-electron chi connectivity index (χ2n) is 8.47. The molecule has 7 heteroatoms. The number of nitriles is 1. The maximum absolute atomic E-state index is 9.76. The van der Waals surface area contributed by atoms with Gasteiger partial charge in [0.05, 0.1) is 51.0 Å². The third-order valence-electron chi connectivity index (χ3n) is 6.76. The standard InChI is InChI=1S/C29H27N2O4.BrH/c1-32-25-10-9-21-23(13-18-7-5-6-8-20(18)16-30)28-22-15-27(34-3)26(33-2)14-19(22)11-12-31(28)17-24(21)29(25)35-4;/h5-10,14-15,17H,11-13H2,1-4H3;1H/q+1;/p-1. The molecule has 0 N–H and O–H groups in total. The topological polar surface area (TPSA) is 64.6 Å². The SMILES string of the molecule is COc1cc2c(cc1OC)-c1c(Cc3ccccc3C#N)c3ccc(OC)c(OC)c3c[n+]1CC2.[Br-]. The number of aromatic nitrogens is 1. The van der Waals surface area contributed by atoms with Crippen LogP contribution >= 0.6 is 0 Å². The molecule has 0 radical (unpaired) electrons. The van der Waals surface area contributed by atoms with Gasteiger partial charge in [0, 0.05) is 23.8 Å². The van der Waals surface area contributed by atoms with Crippen LogP contribution in [-0.4, -0.2) is 28.4 Å². The lowest BCUT2D eigenvalue weighted by molar-refractivity contribution is -0.686. The Morgan fingerprint density at radius 3 is 2.28 bits per heavy atom. The number of methoxy groups -OCH3 is 4. The number of halogens is 1. The van der Waals surface area contributed by atoms with Crippen LogP contribution in [0.3, 0.4) is 0 Å². The average molecular weight is 547 g/mol. The van der Waals surface area contributed by atoms with Crippen molar-refractivity contribution in [1.82, 2.24) is 0 Å². The van der Waals surface area contributed by atoms with Crippen molar-refractivity contribution in [1.29, 1.82) is 5.26 Å². The van der Waals surface area contributed by atoms with Crippen molar-refractivity contribution in [3.63, 3.8) is 0 Å². The average Bonchev–Trinajstić information content (AvgIpc) is 2.91. The highest BCUT2D eigenvalue weighted by molar-refractivity contribution is 5.95. The van der Waals surface area contributed by atoms with Crippen LogP contribution in [0.4, 0.5) is 0 Å². The lowest BCUT2D eigenvalue weighted by Crippen LogP contribution is -3.00. The predicted octanol–water partition coefficient (Wildman–Crippen LogP) is 1.85. The van der Waals surface area contributed by atoms with E-state index in [1.54, 1.807) is 28.4 Å². The molecule has 0 saturated heterocycles. The molecule has 2 heterocycles. The summed E-state index contributed by atoms with van der Waals surface area (Å²) in [6, 6.07) is 18.3. The van der Waals surface area contributed by atoms with Crippen molar-refractivity contribution >= 4 is 10.8 Å². The molecule has 36 heavy (non-hydrogen) atoms. The molecule has 0 saturated carbocycles. The van der Waals surface area contributed by atoms with E-state index in [9.17, 15) is 5.26 Å². The van der Waals surface area contributed by atoms with Gasteiger partial charge < -0.3 is 35.9 Å². The number of rotatable bonds is 6. The van der Waals surface area contributed by atoms with E-state index in [-0.39, 0.29) is 17.0 Å². The molecule has 0 aliphatic carbocycles. The number of nitrogens with zero attached hydrogens (tertiary/aromatic N) is 2. The Balaban J connectivity index is 0.00000304. The van der Waals surface area contributed by atoms with E-state index in [1.807, 2.05) is 30.3 Å². The molecule has 4 aromatic rings. The second kappa shape index (κ2) is 10.5. The quantitative estimate of drug-likeness (QED) is 0.345. The molecule has 0 amide bonds. The van der Waals surface area contributed by atoms with Crippen molar-refractivity contribution < 1.29 is 40.5 Å². The van der Waals surface area contributed by atoms with E-state index in [4.69, 9.17) is 18.9 Å². The fourth-order valence-corrected chi connectivity index (χ4v) is 5.10. The van der Waals surface area contributed by atoms with Crippen LogP contribution in [-0.2, 0) is 19.4 Å². The first-order chi connectivity index (χ1) is 17.1. The fourth-order valence-electron chi connectivity index (χ4n) is 5.10. The van der Waals surface area contributed by atoms with E-state index in [0.29, 0.717) is 29.2 Å². The summed E-state index contributed by atoms with van der Waals surface area (Å²) < 4.78 is 24.9. The lowest BCUT2D eigenvalue weighted by atomic mass is 9.88. The van der Waals surface area contributed by atoms with Gasteiger partial charge in [-0.05, 0) is 41.5 Å². The summed E-state index contributed by atoms with van der Waals surface area (Å²) in [4.78, 5) is 0. The van der Waals surface area contributed by atoms with Gasteiger partial charge in [0.25, 0.3) is 0 Å². The van der Waals surface area contributed by atoms with Crippen molar-refractivity contribution in [3.8, 4) is 40.3 Å². The van der Waals surface area contributed by atoms with Crippen molar-refractivity contribution in [2.45, 2.75) is 19.4 Å². The number of hydrogen-bond acceptors (Lipinski definition) is 5. The summed E-state index contributed by atoms with van der Waals surface area (Å²) in [5, 5.41) is 11.8. The summed E-state index contributed by atoms with van der Waals surface area (Å²) in [6.45, 7) is 0.807. The van der Waals surface area contributed by atoms with Crippen LogP contribution in [0.5, 0.6) is 23.0 Å². The highest BCUT2D eigenvalue weighted by Gasteiger charge is 2.31. The minimum absolute atomic E-state index is 0. The number of benzene rings is 3. The van der Waals surface area contributed by atoms with Crippen LogP contribution < -0.4 is 40.5 Å². The number of fused-ring (bicyclic) bond motifs is 4. The van der Waals surface area contributed by atoms with Crippen molar-refractivity contribution in [2.24, 2.45) is 0 Å². The van der Waals surface area contributed by atoms with E-state index < -0.39 is 0 Å². The molecule has 0 bridgehead atoms. The Morgan fingerprint density at radius 2 is 1.58 bits per heavy atom. The van der Waals surface area contributed by atoms with E-state index in [2.05, 4.69) is 35.0 Å². The molecule has 3 aromatic carbocycles. The zero-order valence-electron chi connectivity index (χ0n) is 20.7. The molecular weight excluding hydrogens is 520 g/mol. The van der Waals surface area contributed by atoms with Gasteiger partial charge in [0.15, 0.2) is 35.7 Å². The lowest BCUT2D eigenvalue weighted by Gasteiger charge is -2.22. The Morgan fingerprint density at radius 1 is 0.861 bits per heavy atom. The van der Waals surface area contributed by atoms with Gasteiger partial charge in [-0.25, -0.2) is 0 Å². The molecule has 184 valence electrons. The van der Waals surface area contributed by atoms with Gasteiger partial charge in [-0.1, -0.05) is 18.2 Å². The highest BCUT2D eigenvalue weighted by Crippen LogP contribution is 2.43. The summed E-state index contributed by atoms with van der Waals surface area (Å²) in [6.07, 6.45) is 3.60. The first kappa shape index (κ1) is 25.3. The van der Waals surface area contributed by atoms with Gasteiger partial charge in [-0.2, -0.15) is 9.83 Å². The summed E-state index contributed by atoms with van der Waals surface area (Å²) >= 11 is 0. The van der Waals surface area contributed by atoms with Gasteiger partial charge in [-0.3, -0.25) is 0 Å². The van der Waals surface area contributed by atoms with Crippen LogP contribution in [0.2, 0.25) is 0 Å². The zero-order valence-corrected chi connectivity index (χ0v) is 22.3.